The van der Waals surface area contributed by atoms with E-state index in [1.807, 2.05) is 24.3 Å². The molecule has 2 N–H and O–H groups in total. The molecule has 1 saturated heterocycles. The smallest absolute Gasteiger partial charge is 0.325 e. The van der Waals surface area contributed by atoms with Crippen LogP contribution in [0.15, 0.2) is 24.3 Å². The summed E-state index contributed by atoms with van der Waals surface area (Å²) in [4.78, 5) is 35.3. The molecule has 4 amide bonds. The summed E-state index contributed by atoms with van der Waals surface area (Å²) in [6.07, 6.45) is 0.451. The summed E-state index contributed by atoms with van der Waals surface area (Å²) in [7, 11) is 0. The zero-order chi connectivity index (χ0) is 16.2. The van der Waals surface area contributed by atoms with Crippen molar-refractivity contribution in [3.63, 3.8) is 0 Å². The number of benzene rings is 1. The maximum atomic E-state index is 11.8. The molecule has 0 aliphatic carbocycles. The molecule has 1 atom stereocenters. The number of imide groups is 1. The highest BCUT2D eigenvalue weighted by molar-refractivity contribution is 6.03. The Kier molecular flexibility index (Phi) is 4.31. The molecule has 0 radical (unpaired) electrons. The number of para-hydroxylation sites is 2. The fraction of sp³-hybridized carbons (Fsp3) is 0.400. The van der Waals surface area contributed by atoms with Crippen LogP contribution in [0, 0.1) is 0 Å². The van der Waals surface area contributed by atoms with Gasteiger partial charge in [-0.15, -0.1) is 0 Å². The molecule has 2 aliphatic rings. The Labute approximate surface area is 132 Å². The Hall–Kier alpha value is -2.77. The Morgan fingerprint density at radius 3 is 2.83 bits per heavy atom. The molecule has 1 aromatic rings. The van der Waals surface area contributed by atoms with E-state index >= 15 is 0 Å². The molecule has 0 spiro atoms. The molecule has 1 aromatic carbocycles. The molecule has 0 aromatic heterocycles. The van der Waals surface area contributed by atoms with Crippen molar-refractivity contribution in [1.82, 2.24) is 15.5 Å². The number of hydrogen-bond acceptors (Lipinski definition) is 5. The Morgan fingerprint density at radius 2 is 2.09 bits per heavy atom. The first-order chi connectivity index (χ1) is 11.1. The van der Waals surface area contributed by atoms with E-state index in [0.717, 1.165) is 10.6 Å². The van der Waals surface area contributed by atoms with Crippen LogP contribution in [0.5, 0.6) is 11.5 Å². The van der Waals surface area contributed by atoms with Crippen molar-refractivity contribution in [1.29, 1.82) is 0 Å². The van der Waals surface area contributed by atoms with Gasteiger partial charge in [0.05, 0.1) is 0 Å². The summed E-state index contributed by atoms with van der Waals surface area (Å²) < 4.78 is 11.4. The third-order valence-electron chi connectivity index (χ3n) is 3.56. The van der Waals surface area contributed by atoms with Gasteiger partial charge in [-0.1, -0.05) is 12.1 Å². The number of amides is 4. The predicted molar refractivity (Wildman–Crippen MR) is 79.1 cm³/mol. The normalized spacial score (nSPS) is 19.5. The lowest BCUT2D eigenvalue weighted by atomic mass is 10.2. The molecule has 3 rings (SSSR count). The minimum Gasteiger partial charge on any atom is -0.486 e. The van der Waals surface area contributed by atoms with Gasteiger partial charge in [0.1, 0.15) is 25.8 Å². The number of urea groups is 1. The van der Waals surface area contributed by atoms with Gasteiger partial charge >= 0.3 is 6.03 Å². The highest BCUT2D eigenvalue weighted by Crippen LogP contribution is 2.31. The molecule has 0 unspecified atom stereocenters. The van der Waals surface area contributed by atoms with Gasteiger partial charge in [0.2, 0.25) is 11.8 Å². The monoisotopic (exact) mass is 319 g/mol. The van der Waals surface area contributed by atoms with Crippen molar-refractivity contribution < 1.29 is 23.9 Å². The van der Waals surface area contributed by atoms with Crippen LogP contribution in [0.3, 0.4) is 0 Å². The van der Waals surface area contributed by atoms with E-state index in [1.54, 1.807) is 0 Å². The van der Waals surface area contributed by atoms with E-state index in [4.69, 9.17) is 9.47 Å². The summed E-state index contributed by atoms with van der Waals surface area (Å²) in [5, 5.41) is 4.83. The second-order valence-corrected chi connectivity index (χ2v) is 5.35. The van der Waals surface area contributed by atoms with Gasteiger partial charge in [0.25, 0.3) is 0 Å². The fourth-order valence-electron chi connectivity index (χ4n) is 2.42. The third kappa shape index (κ3) is 3.71. The molecule has 122 valence electrons. The van der Waals surface area contributed by atoms with Crippen molar-refractivity contribution >= 4 is 17.8 Å². The first-order valence-corrected chi connectivity index (χ1v) is 7.36. The Balaban J connectivity index is 1.39. The van der Waals surface area contributed by atoms with Crippen molar-refractivity contribution in [2.75, 3.05) is 26.2 Å². The lowest BCUT2D eigenvalue weighted by molar-refractivity contribution is -0.122. The molecular formula is C15H17N3O5. The molecule has 8 nitrogen and oxygen atoms in total. The van der Waals surface area contributed by atoms with E-state index in [2.05, 4.69) is 10.6 Å². The number of carbonyl (C=O) groups is 3. The first kappa shape index (κ1) is 15.1. The molecule has 8 heteroatoms. The van der Waals surface area contributed by atoms with Crippen LogP contribution in [0.1, 0.15) is 6.42 Å². The van der Waals surface area contributed by atoms with E-state index in [1.165, 1.54) is 0 Å². The van der Waals surface area contributed by atoms with E-state index in [9.17, 15) is 14.4 Å². The van der Waals surface area contributed by atoms with Crippen LogP contribution in [-0.2, 0) is 9.59 Å². The van der Waals surface area contributed by atoms with Crippen molar-refractivity contribution in [2.24, 2.45) is 0 Å². The van der Waals surface area contributed by atoms with Crippen LogP contribution in [0.25, 0.3) is 0 Å². The van der Waals surface area contributed by atoms with Gasteiger partial charge in [0.15, 0.2) is 11.5 Å². The van der Waals surface area contributed by atoms with Crippen molar-refractivity contribution in [3.05, 3.63) is 24.3 Å². The number of rotatable bonds is 5. The zero-order valence-corrected chi connectivity index (χ0v) is 12.4. The van der Waals surface area contributed by atoms with Gasteiger partial charge in [-0.05, 0) is 12.1 Å². The van der Waals surface area contributed by atoms with Gasteiger partial charge in [-0.25, -0.2) is 4.79 Å². The van der Waals surface area contributed by atoms with Crippen LogP contribution in [-0.4, -0.2) is 55.1 Å². The Bertz CT molecular complexity index is 633. The van der Waals surface area contributed by atoms with E-state index in [0.29, 0.717) is 25.3 Å². The highest BCUT2D eigenvalue weighted by atomic mass is 16.6. The third-order valence-corrected chi connectivity index (χ3v) is 3.56. The van der Waals surface area contributed by atoms with Crippen LogP contribution in [0.4, 0.5) is 4.79 Å². The number of hydrogen-bond donors (Lipinski definition) is 2. The highest BCUT2D eigenvalue weighted by Gasteiger charge is 2.28. The standard InChI is InChI=1S/C15H17N3O5/c19-13(7-18-8-14(20)17-15(18)21)16-6-5-10-9-22-11-3-1-2-4-12(11)23-10/h1-4,10H,5-9H2,(H,16,19)(H,17,20,21)/t10-/m1/s1. The predicted octanol–water partition coefficient (Wildman–Crippen LogP) is -0.115. The molecule has 0 bridgehead atoms. The van der Waals surface area contributed by atoms with Gasteiger partial charge in [0, 0.05) is 13.0 Å². The number of carbonyl (C=O) groups excluding carboxylic acids is 3. The number of nitrogens with one attached hydrogen (secondary N) is 2. The van der Waals surface area contributed by atoms with Crippen LogP contribution < -0.4 is 20.1 Å². The fourth-order valence-corrected chi connectivity index (χ4v) is 2.42. The van der Waals surface area contributed by atoms with Crippen molar-refractivity contribution in [3.8, 4) is 11.5 Å². The summed E-state index contributed by atoms with van der Waals surface area (Å²) in [5.74, 6) is 0.709. The molecule has 0 saturated carbocycles. The number of nitrogens with zero attached hydrogens (tertiary/aromatic N) is 1. The summed E-state index contributed by atoms with van der Waals surface area (Å²) in [6, 6.07) is 6.89. The average molecular weight is 319 g/mol. The van der Waals surface area contributed by atoms with E-state index in [-0.39, 0.29) is 25.1 Å². The number of fused-ring (bicyclic) bond motifs is 1. The maximum absolute atomic E-state index is 11.8. The Morgan fingerprint density at radius 1 is 1.30 bits per heavy atom. The lowest BCUT2D eigenvalue weighted by Gasteiger charge is -2.26. The van der Waals surface area contributed by atoms with Crippen molar-refractivity contribution in [2.45, 2.75) is 12.5 Å². The average Bonchev–Trinajstić information content (AvgIpc) is 2.84. The largest absolute Gasteiger partial charge is 0.486 e. The maximum Gasteiger partial charge on any atom is 0.325 e. The summed E-state index contributed by atoms with van der Waals surface area (Å²) in [6.45, 7) is 0.611. The minimum absolute atomic E-state index is 0.0807. The second-order valence-electron chi connectivity index (χ2n) is 5.35. The van der Waals surface area contributed by atoms with Gasteiger partial charge < -0.3 is 19.7 Å². The molecule has 2 aliphatic heterocycles. The van der Waals surface area contributed by atoms with Crippen LogP contribution in [0.2, 0.25) is 0 Å². The van der Waals surface area contributed by atoms with E-state index < -0.39 is 11.9 Å². The molecule has 2 heterocycles. The van der Waals surface area contributed by atoms with Gasteiger partial charge in [-0.3, -0.25) is 14.9 Å². The summed E-state index contributed by atoms with van der Waals surface area (Å²) >= 11 is 0. The lowest BCUT2D eigenvalue weighted by Crippen LogP contribution is -2.40. The summed E-state index contributed by atoms with van der Waals surface area (Å²) in [5.41, 5.74) is 0. The zero-order valence-electron chi connectivity index (χ0n) is 12.4. The molecule has 1 fully saturated rings. The topological polar surface area (TPSA) is 97.0 Å². The SMILES string of the molecule is O=C(CN1CC(=O)NC1=O)NCC[C@@H]1COc2ccccc2O1. The second kappa shape index (κ2) is 6.55. The minimum atomic E-state index is -0.536. The molecule has 23 heavy (non-hydrogen) atoms. The number of ether oxygens (including phenoxy) is 2. The quantitative estimate of drug-likeness (QED) is 0.738. The first-order valence-electron chi connectivity index (χ1n) is 7.36. The van der Waals surface area contributed by atoms with Gasteiger partial charge in [-0.2, -0.15) is 0 Å². The molecular weight excluding hydrogens is 302 g/mol. The van der Waals surface area contributed by atoms with Crippen LogP contribution >= 0.6 is 0 Å².